The van der Waals surface area contributed by atoms with Crippen molar-refractivity contribution in [2.75, 3.05) is 18.2 Å². The minimum Gasteiger partial charge on any atom is -0.447 e. The Morgan fingerprint density at radius 3 is 3.44 bits per heavy atom. The molecule has 9 heavy (non-hydrogen) atoms. The highest BCUT2D eigenvalue weighted by Crippen LogP contribution is 2.25. The van der Waals surface area contributed by atoms with Crippen molar-refractivity contribution in [3.63, 3.8) is 0 Å². The van der Waals surface area contributed by atoms with Crippen molar-refractivity contribution in [2.24, 2.45) is 0 Å². The zero-order valence-electron chi connectivity index (χ0n) is 4.87. The van der Waals surface area contributed by atoms with Crippen LogP contribution in [0, 0.1) is 0 Å². The molecule has 0 spiro atoms. The van der Waals surface area contributed by atoms with Gasteiger partial charge in [-0.1, -0.05) is 0 Å². The first-order valence-electron chi connectivity index (χ1n) is 2.89. The van der Waals surface area contributed by atoms with Crippen molar-refractivity contribution in [1.29, 1.82) is 0 Å². The normalized spacial score (nSPS) is 32.7. The van der Waals surface area contributed by atoms with E-state index in [4.69, 9.17) is 4.74 Å². The van der Waals surface area contributed by atoms with E-state index in [1.165, 1.54) is 0 Å². The van der Waals surface area contributed by atoms with E-state index < -0.39 is 0 Å². The van der Waals surface area contributed by atoms with Gasteiger partial charge in [0, 0.05) is 5.75 Å². The summed E-state index contributed by atoms with van der Waals surface area (Å²) in [7, 11) is 0. The van der Waals surface area contributed by atoms with Crippen LogP contribution in [-0.4, -0.2) is 35.3 Å². The maximum Gasteiger partial charge on any atom is 0.410 e. The Kier molecular flexibility index (Phi) is 1.08. The molecule has 2 rings (SSSR count). The lowest BCUT2D eigenvalue weighted by atomic mass is 10.4. The molecule has 2 heterocycles. The van der Waals surface area contributed by atoms with Crippen molar-refractivity contribution in [2.45, 2.75) is 6.04 Å². The number of fused-ring (bicyclic) bond motifs is 1. The molecule has 3 nitrogen and oxygen atoms in total. The van der Waals surface area contributed by atoms with Gasteiger partial charge in [-0.25, -0.2) is 4.79 Å². The lowest BCUT2D eigenvalue weighted by Crippen LogP contribution is -2.27. The van der Waals surface area contributed by atoms with Crippen LogP contribution in [0.5, 0.6) is 0 Å². The van der Waals surface area contributed by atoms with E-state index in [1.54, 1.807) is 16.7 Å². The number of carbonyl (C=O) groups excluding carboxylic acids is 1. The molecule has 2 fully saturated rings. The van der Waals surface area contributed by atoms with Gasteiger partial charge in [-0.15, -0.1) is 11.8 Å². The Morgan fingerprint density at radius 2 is 2.67 bits per heavy atom. The molecular formula is C5H7NO2S. The molecule has 0 unspecified atom stereocenters. The summed E-state index contributed by atoms with van der Waals surface area (Å²) in [5.41, 5.74) is 0. The smallest absolute Gasteiger partial charge is 0.410 e. The predicted molar refractivity (Wildman–Crippen MR) is 34.3 cm³/mol. The second kappa shape index (κ2) is 1.80. The molecule has 0 aliphatic carbocycles. The maximum atomic E-state index is 10.7. The van der Waals surface area contributed by atoms with Gasteiger partial charge in [0.15, 0.2) is 0 Å². The molecular weight excluding hydrogens is 138 g/mol. The molecule has 1 amide bonds. The number of thioether (sulfide) groups is 1. The Morgan fingerprint density at radius 1 is 1.78 bits per heavy atom. The van der Waals surface area contributed by atoms with Crippen LogP contribution in [0.2, 0.25) is 0 Å². The molecule has 0 aromatic carbocycles. The van der Waals surface area contributed by atoms with Crippen LogP contribution in [0.1, 0.15) is 0 Å². The maximum absolute atomic E-state index is 10.7. The minimum atomic E-state index is -0.134. The van der Waals surface area contributed by atoms with Crippen LogP contribution in [-0.2, 0) is 4.74 Å². The summed E-state index contributed by atoms with van der Waals surface area (Å²) in [6.07, 6.45) is -0.134. The minimum absolute atomic E-state index is 0.134. The van der Waals surface area contributed by atoms with E-state index in [2.05, 4.69) is 0 Å². The summed E-state index contributed by atoms with van der Waals surface area (Å²) in [6.45, 7) is 0.603. The molecule has 50 valence electrons. The molecule has 2 saturated heterocycles. The first kappa shape index (κ1) is 5.41. The van der Waals surface area contributed by atoms with Crippen LogP contribution in [0.4, 0.5) is 4.79 Å². The van der Waals surface area contributed by atoms with Crippen LogP contribution in [0.15, 0.2) is 0 Å². The van der Waals surface area contributed by atoms with Crippen molar-refractivity contribution in [3.05, 3.63) is 0 Å². The van der Waals surface area contributed by atoms with E-state index in [-0.39, 0.29) is 6.09 Å². The van der Waals surface area contributed by atoms with Crippen molar-refractivity contribution >= 4 is 17.9 Å². The van der Waals surface area contributed by atoms with Crippen LogP contribution in [0.3, 0.4) is 0 Å². The number of hydrogen-bond donors (Lipinski definition) is 0. The third-order valence-corrected chi connectivity index (χ3v) is 2.70. The number of amides is 1. The van der Waals surface area contributed by atoms with Gasteiger partial charge in [-0.3, -0.25) is 4.90 Å². The number of ether oxygens (including phenoxy) is 1. The van der Waals surface area contributed by atoms with E-state index in [0.29, 0.717) is 12.6 Å². The van der Waals surface area contributed by atoms with E-state index in [1.807, 2.05) is 0 Å². The highest BCUT2D eigenvalue weighted by molar-refractivity contribution is 7.99. The summed E-state index contributed by atoms with van der Waals surface area (Å²) in [4.78, 5) is 12.5. The Labute approximate surface area is 57.3 Å². The second-order valence-electron chi connectivity index (χ2n) is 2.20. The zero-order chi connectivity index (χ0) is 6.27. The molecule has 2 aliphatic heterocycles. The van der Waals surface area contributed by atoms with E-state index >= 15 is 0 Å². The summed E-state index contributed by atoms with van der Waals surface area (Å²) in [6, 6.07) is 0.377. The van der Waals surface area contributed by atoms with E-state index in [0.717, 1.165) is 11.6 Å². The average Bonchev–Trinajstić information content (AvgIpc) is 2.35. The van der Waals surface area contributed by atoms with Gasteiger partial charge in [0.25, 0.3) is 0 Å². The summed E-state index contributed by atoms with van der Waals surface area (Å²) in [5, 5.41) is 0. The Bertz CT molecular complexity index is 150. The number of nitrogens with zero attached hydrogens (tertiary/aromatic N) is 1. The SMILES string of the molecule is O=C1OC[C@H]2CSCN12. The van der Waals surface area contributed by atoms with Crippen molar-refractivity contribution in [1.82, 2.24) is 4.90 Å². The Hall–Kier alpha value is -0.380. The number of rotatable bonds is 0. The molecule has 0 radical (unpaired) electrons. The largest absolute Gasteiger partial charge is 0.447 e. The van der Waals surface area contributed by atoms with Crippen LogP contribution >= 0.6 is 11.8 Å². The second-order valence-corrected chi connectivity index (χ2v) is 3.20. The number of carbonyl (C=O) groups is 1. The van der Waals surface area contributed by atoms with Crippen molar-refractivity contribution in [3.8, 4) is 0 Å². The molecule has 0 saturated carbocycles. The lowest BCUT2D eigenvalue weighted by Gasteiger charge is -2.06. The molecule has 0 aromatic heterocycles. The molecule has 1 atom stereocenters. The fourth-order valence-corrected chi connectivity index (χ4v) is 2.24. The highest BCUT2D eigenvalue weighted by atomic mass is 32.2. The van der Waals surface area contributed by atoms with Gasteiger partial charge in [0.2, 0.25) is 0 Å². The van der Waals surface area contributed by atoms with Crippen LogP contribution < -0.4 is 0 Å². The van der Waals surface area contributed by atoms with Gasteiger partial charge < -0.3 is 4.74 Å². The molecule has 0 aromatic rings. The number of hydrogen-bond acceptors (Lipinski definition) is 3. The third-order valence-electron chi connectivity index (χ3n) is 1.62. The fraction of sp³-hybridized carbons (Fsp3) is 0.800. The summed E-state index contributed by atoms with van der Waals surface area (Å²) < 4.78 is 4.79. The topological polar surface area (TPSA) is 29.5 Å². The summed E-state index contributed by atoms with van der Waals surface area (Å²) >= 11 is 1.79. The first-order chi connectivity index (χ1) is 4.38. The monoisotopic (exact) mass is 145 g/mol. The molecule has 4 heteroatoms. The third kappa shape index (κ3) is 0.694. The van der Waals surface area contributed by atoms with Gasteiger partial charge >= 0.3 is 6.09 Å². The molecule has 0 N–H and O–H groups in total. The summed E-state index contributed by atoms with van der Waals surface area (Å²) in [5.74, 6) is 1.87. The van der Waals surface area contributed by atoms with Gasteiger partial charge in [0.05, 0.1) is 11.9 Å². The standard InChI is InChI=1S/C5H7NO2S/c7-5-6-3-9-2-4(6)1-8-5/h4H,1-3H2/t4-/m0/s1. The first-order valence-corrected chi connectivity index (χ1v) is 4.04. The highest BCUT2D eigenvalue weighted by Gasteiger charge is 2.36. The van der Waals surface area contributed by atoms with Crippen LogP contribution in [0.25, 0.3) is 0 Å². The van der Waals surface area contributed by atoms with Gasteiger partial charge in [-0.2, -0.15) is 0 Å². The van der Waals surface area contributed by atoms with Gasteiger partial charge in [0.1, 0.15) is 6.61 Å². The molecule has 0 bridgehead atoms. The Balaban J connectivity index is 2.15. The number of cyclic esters (lactones) is 1. The fourth-order valence-electron chi connectivity index (χ4n) is 1.07. The zero-order valence-corrected chi connectivity index (χ0v) is 5.69. The lowest BCUT2D eigenvalue weighted by molar-refractivity contribution is 0.162. The quantitative estimate of drug-likeness (QED) is 0.497. The van der Waals surface area contributed by atoms with Crippen molar-refractivity contribution < 1.29 is 9.53 Å². The predicted octanol–water partition coefficient (Wildman–Crippen LogP) is 0.511. The van der Waals surface area contributed by atoms with Gasteiger partial charge in [-0.05, 0) is 0 Å². The molecule has 2 aliphatic rings. The average molecular weight is 145 g/mol. The van der Waals surface area contributed by atoms with E-state index in [9.17, 15) is 4.79 Å².